The molecule has 0 aromatic heterocycles. The number of hydrogen-bond acceptors (Lipinski definition) is 0. The van der Waals surface area contributed by atoms with Gasteiger partial charge in [-0.1, -0.05) is 0 Å². The number of benzene rings is 4. The molecule has 8 rings (SSSR count). The number of fused-ring (bicyclic) bond motifs is 2. The first-order valence-electron chi connectivity index (χ1n) is 25.0. The number of hydrogen-bond donors (Lipinski definition) is 0. The van der Waals surface area contributed by atoms with Gasteiger partial charge in [0.2, 0.25) is 0 Å². The summed E-state index contributed by atoms with van der Waals surface area (Å²) in [6.07, 6.45) is 29.0. The van der Waals surface area contributed by atoms with Crippen LogP contribution in [0.3, 0.4) is 0 Å². The standard InChI is InChI=1S/2C28H35.C2H7Si.2ClH.Zr/c2*1-21-15-22(2)17-25(16-21)26-12-10-11-24-18-23(19-27(24)26)20-28(3)13-8-6-4-5-7-9-14-28;1-3-2;;;/h2*10-12,15-19H,4-9,13-14,20H2,1-3H3;3H,1-2H3;2*1H;/q;;;;;+2/p-2. The Labute approximate surface area is 386 Å². The maximum absolute atomic E-state index is 9.33. The van der Waals surface area contributed by atoms with Crippen LogP contribution in [0.2, 0.25) is 13.1 Å². The fourth-order valence-corrected chi connectivity index (χ4v) is 44.6. The van der Waals surface area contributed by atoms with E-state index in [1.165, 1.54) is 169 Å². The van der Waals surface area contributed by atoms with Gasteiger partial charge in [0.05, 0.1) is 0 Å². The van der Waals surface area contributed by atoms with Crippen molar-refractivity contribution in [1.82, 2.24) is 0 Å². The molecule has 2 unspecified atom stereocenters. The first-order valence-corrected chi connectivity index (χ1v) is 41.3. The first kappa shape index (κ1) is 46.6. The molecule has 0 radical (unpaired) electrons. The third kappa shape index (κ3) is 9.36. The number of halogens is 2. The summed E-state index contributed by atoms with van der Waals surface area (Å²) in [7, 11) is 18.7. The molecular weight excluding hydrogens is 887 g/mol. The molecule has 4 aromatic carbocycles. The molecule has 2 saturated carbocycles. The maximum atomic E-state index is 9.33. The van der Waals surface area contributed by atoms with Gasteiger partial charge in [0.25, 0.3) is 0 Å². The minimum absolute atomic E-state index is 0.0920. The van der Waals surface area contributed by atoms with Gasteiger partial charge in [0, 0.05) is 0 Å². The Kier molecular flexibility index (Phi) is 14.1. The van der Waals surface area contributed by atoms with Crippen LogP contribution >= 0.6 is 17.0 Å². The van der Waals surface area contributed by atoms with Gasteiger partial charge < -0.3 is 0 Å². The van der Waals surface area contributed by atoms with E-state index < -0.39 is 21.5 Å². The quantitative estimate of drug-likeness (QED) is 0.147. The monoisotopic (exact) mass is 961 g/mol. The summed E-state index contributed by atoms with van der Waals surface area (Å²) in [4.78, 5) is 0. The summed E-state index contributed by atoms with van der Waals surface area (Å²) in [6.45, 7) is 19.4. The van der Waals surface area contributed by atoms with Crippen LogP contribution in [0, 0.1) is 38.5 Å². The average molecular weight is 964 g/mol. The Balaban J connectivity index is 1.36. The van der Waals surface area contributed by atoms with E-state index in [1.54, 1.807) is 11.1 Å². The van der Waals surface area contributed by atoms with Crippen molar-refractivity contribution < 1.29 is 15.6 Å². The molecule has 0 amide bonds. The van der Waals surface area contributed by atoms with Gasteiger partial charge in [0.1, 0.15) is 0 Å². The van der Waals surface area contributed by atoms with Gasteiger partial charge in [-0.25, -0.2) is 0 Å². The molecule has 0 aliphatic heterocycles. The van der Waals surface area contributed by atoms with Crippen LogP contribution in [0.1, 0.15) is 181 Å². The summed E-state index contributed by atoms with van der Waals surface area (Å²) < 4.78 is 0.184. The molecular formula is C58H77Cl2SiZr. The van der Waals surface area contributed by atoms with Crippen molar-refractivity contribution >= 4 is 35.1 Å². The number of aryl methyl sites for hydroxylation is 4. The fourth-order valence-electron chi connectivity index (χ4n) is 13.3. The Hall–Kier alpha value is -1.96. The van der Waals surface area contributed by atoms with Crippen molar-refractivity contribution in [1.29, 1.82) is 0 Å². The van der Waals surface area contributed by atoms with E-state index in [0.29, 0.717) is 0 Å². The van der Waals surface area contributed by atoms with Crippen LogP contribution in [0.15, 0.2) is 83.9 Å². The Bertz CT molecular complexity index is 2130. The molecule has 4 aliphatic rings. The summed E-state index contributed by atoms with van der Waals surface area (Å²) in [6, 6.07) is 28.6. The number of allylic oxidation sites excluding steroid dienone is 2. The molecule has 0 heterocycles. The predicted molar refractivity (Wildman–Crippen MR) is 274 cm³/mol. The fraction of sp³-hybridized carbons (Fsp3) is 0.517. The Morgan fingerprint density at radius 1 is 0.500 bits per heavy atom. The molecule has 0 saturated heterocycles. The number of rotatable bonds is 9. The van der Waals surface area contributed by atoms with E-state index in [4.69, 9.17) is 0 Å². The molecule has 2 atom stereocenters. The van der Waals surface area contributed by atoms with Crippen molar-refractivity contribution in [2.45, 2.75) is 177 Å². The Morgan fingerprint density at radius 2 is 0.823 bits per heavy atom. The first-order chi connectivity index (χ1) is 29.6. The van der Waals surface area contributed by atoms with Gasteiger partial charge in [-0.2, -0.15) is 0 Å². The molecule has 4 aromatic rings. The van der Waals surface area contributed by atoms with Crippen LogP contribution < -0.4 is 0 Å². The molecule has 4 aliphatic carbocycles. The predicted octanol–water partition coefficient (Wildman–Crippen LogP) is 18.9. The minimum atomic E-state index is -5.15. The molecule has 0 N–H and O–H groups in total. The van der Waals surface area contributed by atoms with Crippen LogP contribution in [-0.4, -0.2) is 5.92 Å². The van der Waals surface area contributed by atoms with Gasteiger partial charge in [0.15, 0.2) is 0 Å². The van der Waals surface area contributed by atoms with Crippen LogP contribution in [0.25, 0.3) is 34.4 Å². The molecule has 0 spiro atoms. The van der Waals surface area contributed by atoms with Gasteiger partial charge >= 0.3 is 390 Å². The summed E-state index contributed by atoms with van der Waals surface area (Å²) in [5.74, 6) is -1.77. The van der Waals surface area contributed by atoms with E-state index in [9.17, 15) is 17.0 Å². The second-order valence-corrected chi connectivity index (χ2v) is 64.8. The molecule has 0 bridgehead atoms. The summed E-state index contributed by atoms with van der Waals surface area (Å²) in [5, 5.41) is 0. The van der Waals surface area contributed by atoms with E-state index in [-0.39, 0.29) is 18.1 Å². The summed E-state index contributed by atoms with van der Waals surface area (Å²) >= 11 is -5.15. The second kappa shape index (κ2) is 18.7. The van der Waals surface area contributed by atoms with Crippen LogP contribution in [0.4, 0.5) is 0 Å². The van der Waals surface area contributed by atoms with Crippen LogP contribution in [0.5, 0.6) is 0 Å². The van der Waals surface area contributed by atoms with Crippen molar-refractivity contribution in [2.75, 3.05) is 0 Å². The van der Waals surface area contributed by atoms with E-state index in [1.807, 2.05) is 0 Å². The third-order valence-electron chi connectivity index (χ3n) is 16.5. The van der Waals surface area contributed by atoms with Crippen molar-refractivity contribution in [3.8, 4) is 22.3 Å². The van der Waals surface area contributed by atoms with E-state index >= 15 is 0 Å². The normalized spacial score (nSPS) is 22.4. The van der Waals surface area contributed by atoms with Gasteiger partial charge in [-0.3, -0.25) is 0 Å². The second-order valence-electron chi connectivity index (χ2n) is 22.3. The average Bonchev–Trinajstić information content (AvgIpc) is 3.82. The van der Waals surface area contributed by atoms with E-state index in [0.717, 1.165) is 12.8 Å². The van der Waals surface area contributed by atoms with Crippen molar-refractivity contribution in [2.24, 2.45) is 10.8 Å². The molecule has 62 heavy (non-hydrogen) atoms. The third-order valence-corrected chi connectivity index (χ3v) is 68.3. The van der Waals surface area contributed by atoms with Crippen molar-refractivity contribution in [3.63, 3.8) is 0 Å². The Morgan fingerprint density at radius 3 is 1.15 bits per heavy atom. The van der Waals surface area contributed by atoms with E-state index in [2.05, 4.69) is 140 Å². The molecule has 4 heteroatoms. The zero-order chi connectivity index (χ0) is 43.9. The SMILES string of the molecule is Cc1cc(C)cc(-c2cccc3c2C=C(CC2(C)CCCCCCCC2)[CH]3[Zr]([Cl])([Cl])([CH]2C(CC3(C)CCCCCCCC3)=Cc3c(-c4cc(C)cc(C)c4)cccc32)[SiH](C)C)c1. The zero-order valence-corrected chi connectivity index (χ0v) is 44.9. The van der Waals surface area contributed by atoms with Gasteiger partial charge in [-0.05, 0) is 0 Å². The van der Waals surface area contributed by atoms with Crippen molar-refractivity contribution in [3.05, 3.63) is 128 Å². The molecule has 0 nitrogen and oxygen atoms in total. The summed E-state index contributed by atoms with van der Waals surface area (Å²) in [5.41, 5.74) is 19.9. The zero-order valence-electron chi connectivity index (χ0n) is 39.8. The van der Waals surface area contributed by atoms with Crippen LogP contribution in [-0.2, 0) is 15.6 Å². The topological polar surface area (TPSA) is 0 Å². The molecule has 2 fully saturated rings. The van der Waals surface area contributed by atoms with Gasteiger partial charge in [-0.15, -0.1) is 0 Å². The molecule has 331 valence electrons.